The van der Waals surface area contributed by atoms with E-state index in [2.05, 4.69) is 5.32 Å². The van der Waals surface area contributed by atoms with Gasteiger partial charge in [0.2, 0.25) is 5.91 Å². The minimum absolute atomic E-state index is 0.0816. The van der Waals surface area contributed by atoms with E-state index in [4.69, 9.17) is 9.72 Å². The molecule has 0 unspecified atom stereocenters. The van der Waals surface area contributed by atoms with Crippen LogP contribution in [0.25, 0.3) is 27.0 Å². The van der Waals surface area contributed by atoms with Crippen molar-refractivity contribution in [3.05, 3.63) is 99.7 Å². The van der Waals surface area contributed by atoms with Crippen LogP contribution in [0.1, 0.15) is 23.3 Å². The number of rotatable bonds is 7. The van der Waals surface area contributed by atoms with Crippen molar-refractivity contribution in [3.63, 3.8) is 0 Å². The number of carbonyl (C=O) groups excluding carboxylic acids is 1. The third-order valence-corrected chi connectivity index (χ3v) is 9.03. The van der Waals surface area contributed by atoms with Crippen molar-refractivity contribution in [2.75, 3.05) is 18.2 Å². The summed E-state index contributed by atoms with van der Waals surface area (Å²) in [7, 11) is 1.61. The lowest BCUT2D eigenvalue weighted by Gasteiger charge is -2.14. The number of para-hydroxylation sites is 1. The highest BCUT2D eigenvalue weighted by molar-refractivity contribution is 7.99. The Morgan fingerprint density at radius 3 is 2.54 bits per heavy atom. The first-order chi connectivity index (χ1) is 19.1. The van der Waals surface area contributed by atoms with Crippen LogP contribution in [0.3, 0.4) is 0 Å². The molecule has 1 amide bonds. The Kier molecular flexibility index (Phi) is 7.22. The normalized spacial score (nSPS) is 12.7. The smallest absolute Gasteiger partial charge is 0.267 e. The fraction of sp³-hybridized carbons (Fsp3) is 0.194. The summed E-state index contributed by atoms with van der Waals surface area (Å²) in [5.41, 5.74) is 4.49. The quantitative estimate of drug-likeness (QED) is 0.179. The first-order valence-corrected chi connectivity index (χ1v) is 14.7. The fourth-order valence-corrected chi connectivity index (χ4v) is 7.14. The predicted octanol–water partition coefficient (Wildman–Crippen LogP) is 6.73. The monoisotopic (exact) mass is 553 g/mol. The summed E-state index contributed by atoms with van der Waals surface area (Å²) in [4.78, 5) is 34.1. The number of hydrogen-bond donors (Lipinski definition) is 1. The van der Waals surface area contributed by atoms with E-state index < -0.39 is 0 Å². The van der Waals surface area contributed by atoms with Gasteiger partial charge in [0, 0.05) is 16.1 Å². The molecule has 0 saturated carbocycles. The molecule has 8 heteroatoms. The van der Waals surface area contributed by atoms with E-state index in [1.165, 1.54) is 16.6 Å². The van der Waals surface area contributed by atoms with Crippen LogP contribution in [-0.2, 0) is 17.6 Å². The summed E-state index contributed by atoms with van der Waals surface area (Å²) >= 11 is 2.89. The van der Waals surface area contributed by atoms with Crippen molar-refractivity contribution in [1.29, 1.82) is 0 Å². The molecular formula is C31H27N3O3S2. The zero-order valence-electron chi connectivity index (χ0n) is 21.5. The first-order valence-electron chi connectivity index (χ1n) is 12.9. The van der Waals surface area contributed by atoms with E-state index in [-0.39, 0.29) is 17.2 Å². The summed E-state index contributed by atoms with van der Waals surface area (Å²) in [6.45, 7) is 0. The summed E-state index contributed by atoms with van der Waals surface area (Å²) < 4.78 is 6.95. The molecule has 6 nitrogen and oxygen atoms in total. The third-order valence-electron chi connectivity index (χ3n) is 6.91. The molecular weight excluding hydrogens is 526 g/mol. The predicted molar refractivity (Wildman–Crippen MR) is 160 cm³/mol. The van der Waals surface area contributed by atoms with Gasteiger partial charge in [-0.05, 0) is 67.1 Å². The van der Waals surface area contributed by atoms with Crippen molar-refractivity contribution in [3.8, 4) is 22.6 Å². The molecule has 0 fully saturated rings. The van der Waals surface area contributed by atoms with Crippen LogP contribution in [0.2, 0.25) is 0 Å². The van der Waals surface area contributed by atoms with Crippen LogP contribution in [0, 0.1) is 0 Å². The molecule has 0 aliphatic heterocycles. The van der Waals surface area contributed by atoms with E-state index in [0.29, 0.717) is 16.6 Å². The highest BCUT2D eigenvalue weighted by Gasteiger charge is 2.23. The minimum atomic E-state index is -0.163. The average Bonchev–Trinajstić information content (AvgIpc) is 3.36. The molecule has 0 saturated heterocycles. The van der Waals surface area contributed by atoms with Gasteiger partial charge in [-0.3, -0.25) is 14.2 Å². The summed E-state index contributed by atoms with van der Waals surface area (Å²) in [6, 6.07) is 25.1. The highest BCUT2D eigenvalue weighted by Crippen LogP contribution is 2.35. The molecule has 0 atom stereocenters. The zero-order valence-corrected chi connectivity index (χ0v) is 23.1. The topological polar surface area (TPSA) is 73.2 Å². The van der Waals surface area contributed by atoms with Gasteiger partial charge in [-0.25, -0.2) is 4.98 Å². The van der Waals surface area contributed by atoms with Gasteiger partial charge in [0.05, 0.1) is 23.9 Å². The molecule has 6 rings (SSSR count). The molecule has 0 spiro atoms. The number of anilines is 1. The van der Waals surface area contributed by atoms with Gasteiger partial charge >= 0.3 is 0 Å². The lowest BCUT2D eigenvalue weighted by molar-refractivity contribution is -0.113. The number of carbonyl (C=O) groups is 1. The molecule has 196 valence electrons. The minimum Gasteiger partial charge on any atom is -0.497 e. The number of aryl methyl sites for hydroxylation is 2. The molecule has 0 radical (unpaired) electrons. The molecule has 5 aromatic rings. The van der Waals surface area contributed by atoms with Gasteiger partial charge in [-0.2, -0.15) is 0 Å². The Morgan fingerprint density at radius 1 is 1.00 bits per heavy atom. The number of fused-ring (bicyclic) bond motifs is 3. The number of nitrogens with one attached hydrogen (secondary N) is 1. The van der Waals surface area contributed by atoms with Crippen molar-refractivity contribution >= 4 is 44.9 Å². The lowest BCUT2D eigenvalue weighted by atomic mass is 9.97. The van der Waals surface area contributed by atoms with Crippen LogP contribution in [0.5, 0.6) is 5.75 Å². The van der Waals surface area contributed by atoms with E-state index in [1.54, 1.807) is 23.0 Å². The maximum atomic E-state index is 14.0. The fourth-order valence-electron chi connectivity index (χ4n) is 5.02. The summed E-state index contributed by atoms with van der Waals surface area (Å²) in [5, 5.41) is 4.28. The van der Waals surface area contributed by atoms with Gasteiger partial charge in [-0.1, -0.05) is 60.3 Å². The Labute approximate surface area is 234 Å². The van der Waals surface area contributed by atoms with Crippen LogP contribution in [0.15, 0.2) is 88.8 Å². The maximum absolute atomic E-state index is 14.0. The van der Waals surface area contributed by atoms with Gasteiger partial charge in [0.15, 0.2) is 5.16 Å². The van der Waals surface area contributed by atoms with Crippen LogP contribution in [-0.4, -0.2) is 28.3 Å². The SMILES string of the molecule is COc1ccc(-n2c(SCC(=O)Nc3ccccc3-c3ccccc3)nc3sc4c(c3c2=O)CCCC4)cc1. The molecule has 2 aromatic heterocycles. The third kappa shape index (κ3) is 5.10. The van der Waals surface area contributed by atoms with E-state index in [1.807, 2.05) is 78.9 Å². The number of amides is 1. The molecule has 3 aromatic carbocycles. The zero-order chi connectivity index (χ0) is 26.8. The average molecular weight is 554 g/mol. The highest BCUT2D eigenvalue weighted by atomic mass is 32.2. The van der Waals surface area contributed by atoms with E-state index >= 15 is 0 Å². The molecule has 39 heavy (non-hydrogen) atoms. The molecule has 1 aliphatic rings. The van der Waals surface area contributed by atoms with Crippen LogP contribution in [0.4, 0.5) is 5.69 Å². The van der Waals surface area contributed by atoms with Crippen LogP contribution < -0.4 is 15.6 Å². The standard InChI is InChI=1S/C31H27N3O3S2/c1-37-22-17-15-21(16-18-22)34-30(36)28-24-12-6-8-14-26(24)39-29(28)33-31(34)38-19-27(35)32-25-13-7-5-11-23(25)20-9-3-2-4-10-20/h2-5,7,9-11,13,15-18H,6,8,12,14,19H2,1H3,(H,32,35). The Bertz CT molecular complexity index is 1710. The number of thiophene rings is 1. The Morgan fingerprint density at radius 2 is 1.74 bits per heavy atom. The second-order valence-electron chi connectivity index (χ2n) is 9.37. The van der Waals surface area contributed by atoms with Gasteiger partial charge < -0.3 is 10.1 Å². The van der Waals surface area contributed by atoms with Crippen molar-refractivity contribution < 1.29 is 9.53 Å². The summed E-state index contributed by atoms with van der Waals surface area (Å²) in [5.74, 6) is 0.659. The van der Waals surface area contributed by atoms with Crippen LogP contribution >= 0.6 is 23.1 Å². The van der Waals surface area contributed by atoms with E-state index in [9.17, 15) is 9.59 Å². The maximum Gasteiger partial charge on any atom is 0.267 e. The van der Waals surface area contributed by atoms with Crippen molar-refractivity contribution in [1.82, 2.24) is 9.55 Å². The second-order valence-corrected chi connectivity index (χ2v) is 11.4. The number of benzene rings is 3. The number of thioether (sulfide) groups is 1. The van der Waals surface area contributed by atoms with Gasteiger partial charge in [-0.15, -0.1) is 11.3 Å². The molecule has 1 aliphatic carbocycles. The molecule has 0 bridgehead atoms. The summed E-state index contributed by atoms with van der Waals surface area (Å²) in [6.07, 6.45) is 4.12. The number of aromatic nitrogens is 2. The van der Waals surface area contributed by atoms with E-state index in [0.717, 1.165) is 58.3 Å². The van der Waals surface area contributed by atoms with Gasteiger partial charge in [0.25, 0.3) is 5.56 Å². The van der Waals surface area contributed by atoms with Crippen molar-refractivity contribution in [2.45, 2.75) is 30.8 Å². The van der Waals surface area contributed by atoms with Gasteiger partial charge in [0.1, 0.15) is 10.6 Å². The number of nitrogens with zero attached hydrogens (tertiary/aromatic N) is 2. The number of ether oxygens (including phenoxy) is 1. The molecule has 2 heterocycles. The Balaban J connectivity index is 1.33. The molecule has 1 N–H and O–H groups in total. The number of hydrogen-bond acceptors (Lipinski definition) is 6. The number of methoxy groups -OCH3 is 1. The lowest BCUT2D eigenvalue weighted by Crippen LogP contribution is -2.23. The second kappa shape index (κ2) is 11.1. The first kappa shape index (κ1) is 25.4. The van der Waals surface area contributed by atoms with Crippen molar-refractivity contribution in [2.24, 2.45) is 0 Å². The largest absolute Gasteiger partial charge is 0.497 e. The Hall–Kier alpha value is -3.88.